The zero-order valence-corrected chi connectivity index (χ0v) is 19.6. The van der Waals surface area contributed by atoms with Gasteiger partial charge in [-0.2, -0.15) is 0 Å². The van der Waals surface area contributed by atoms with Crippen molar-refractivity contribution in [3.8, 4) is 33.8 Å². The van der Waals surface area contributed by atoms with Crippen LogP contribution >= 0.6 is 11.6 Å². The Balaban J connectivity index is 1.53. The second kappa shape index (κ2) is 9.24. The van der Waals surface area contributed by atoms with Crippen molar-refractivity contribution in [2.45, 2.75) is 6.42 Å². The van der Waals surface area contributed by atoms with Crippen molar-refractivity contribution < 1.29 is 24.9 Å². The SMILES string of the molecule is O=C(O)Cc1cc(C=C2C(=O)Nc3cc(Cl)c(-c4ccc(-c5ccccc5O)cc4)cc32)ccc1O. The zero-order chi connectivity index (χ0) is 25.4. The fourth-order valence-electron chi connectivity index (χ4n) is 4.29. The van der Waals surface area contributed by atoms with E-state index in [2.05, 4.69) is 5.32 Å². The normalized spacial score (nSPS) is 13.5. The van der Waals surface area contributed by atoms with E-state index in [1.54, 1.807) is 36.4 Å². The molecule has 5 rings (SSSR count). The van der Waals surface area contributed by atoms with E-state index in [-0.39, 0.29) is 29.4 Å². The Kier molecular flexibility index (Phi) is 5.96. The first-order chi connectivity index (χ1) is 17.3. The predicted molar refractivity (Wildman–Crippen MR) is 140 cm³/mol. The summed E-state index contributed by atoms with van der Waals surface area (Å²) in [5, 5.41) is 32.5. The lowest BCUT2D eigenvalue weighted by Crippen LogP contribution is -2.04. The number of amides is 1. The van der Waals surface area contributed by atoms with Crippen molar-refractivity contribution in [3.63, 3.8) is 0 Å². The summed E-state index contributed by atoms with van der Waals surface area (Å²) in [7, 11) is 0. The summed E-state index contributed by atoms with van der Waals surface area (Å²) in [6, 6.07) is 22.8. The molecule has 178 valence electrons. The minimum absolute atomic E-state index is 0.114. The molecule has 0 bridgehead atoms. The van der Waals surface area contributed by atoms with Gasteiger partial charge in [0, 0.05) is 27.8 Å². The number of carboxylic acids is 1. The first kappa shape index (κ1) is 23.2. The number of fused-ring (bicyclic) bond motifs is 1. The van der Waals surface area contributed by atoms with Crippen LogP contribution in [0.1, 0.15) is 16.7 Å². The van der Waals surface area contributed by atoms with Gasteiger partial charge in [0.25, 0.3) is 5.91 Å². The number of nitrogens with one attached hydrogen (secondary N) is 1. The zero-order valence-electron chi connectivity index (χ0n) is 18.8. The molecule has 1 aliphatic heterocycles. The van der Waals surface area contributed by atoms with Gasteiger partial charge in [-0.25, -0.2) is 0 Å². The Morgan fingerprint density at radius 1 is 0.833 bits per heavy atom. The molecule has 0 unspecified atom stereocenters. The number of halogens is 1. The van der Waals surface area contributed by atoms with Gasteiger partial charge in [-0.15, -0.1) is 0 Å². The molecule has 1 aliphatic rings. The van der Waals surface area contributed by atoms with Gasteiger partial charge >= 0.3 is 5.97 Å². The smallest absolute Gasteiger partial charge is 0.307 e. The Bertz CT molecular complexity index is 1560. The number of hydrogen-bond donors (Lipinski definition) is 4. The third kappa shape index (κ3) is 4.42. The largest absolute Gasteiger partial charge is 0.508 e. The van der Waals surface area contributed by atoms with Crippen LogP contribution in [0.2, 0.25) is 5.02 Å². The minimum Gasteiger partial charge on any atom is -0.508 e. The van der Waals surface area contributed by atoms with Gasteiger partial charge in [0.1, 0.15) is 11.5 Å². The molecule has 0 spiro atoms. The Labute approximate surface area is 211 Å². The Morgan fingerprint density at radius 2 is 1.53 bits per heavy atom. The maximum atomic E-state index is 12.8. The fourth-order valence-corrected chi connectivity index (χ4v) is 4.56. The first-order valence-electron chi connectivity index (χ1n) is 11.1. The van der Waals surface area contributed by atoms with E-state index in [1.807, 2.05) is 42.5 Å². The molecule has 0 aromatic heterocycles. The molecule has 4 aromatic carbocycles. The summed E-state index contributed by atoms with van der Waals surface area (Å²) in [6.07, 6.45) is 1.33. The van der Waals surface area contributed by atoms with Gasteiger partial charge in [0.15, 0.2) is 0 Å². The van der Waals surface area contributed by atoms with Crippen molar-refractivity contribution in [3.05, 3.63) is 101 Å². The molecule has 0 radical (unpaired) electrons. The molecule has 36 heavy (non-hydrogen) atoms. The third-order valence-corrected chi connectivity index (χ3v) is 6.37. The molecule has 4 N–H and O–H groups in total. The van der Waals surface area contributed by atoms with Crippen LogP contribution in [0.25, 0.3) is 33.9 Å². The maximum Gasteiger partial charge on any atom is 0.307 e. The van der Waals surface area contributed by atoms with Crippen molar-refractivity contribution in [2.24, 2.45) is 0 Å². The Morgan fingerprint density at radius 3 is 2.22 bits per heavy atom. The van der Waals surface area contributed by atoms with Crippen molar-refractivity contribution in [2.75, 3.05) is 5.32 Å². The molecular weight excluding hydrogens is 478 g/mol. The van der Waals surface area contributed by atoms with E-state index < -0.39 is 5.97 Å². The lowest BCUT2D eigenvalue weighted by molar-refractivity contribution is -0.136. The van der Waals surface area contributed by atoms with Crippen molar-refractivity contribution >= 4 is 40.8 Å². The highest BCUT2D eigenvalue weighted by Gasteiger charge is 2.26. The summed E-state index contributed by atoms with van der Waals surface area (Å²) < 4.78 is 0. The van der Waals surface area contributed by atoms with Crippen molar-refractivity contribution in [1.29, 1.82) is 0 Å². The van der Waals surface area contributed by atoms with Crippen LogP contribution in [0.4, 0.5) is 5.69 Å². The molecule has 0 fully saturated rings. The standard InChI is InChI=1S/C29H20ClNO5/c30-24-15-25-22(14-21(24)18-8-6-17(7-9-18)20-3-1-2-4-27(20)33)23(29(36)31-25)12-16-5-10-26(32)19(11-16)13-28(34)35/h1-12,14-15,32-33H,13H2,(H,31,36)(H,34,35). The van der Waals surface area contributed by atoms with E-state index in [9.17, 15) is 19.8 Å². The number of carboxylic acid groups (broad SMARTS) is 1. The number of para-hydroxylation sites is 1. The molecule has 4 aromatic rings. The quantitative estimate of drug-likeness (QED) is 0.245. The van der Waals surface area contributed by atoms with E-state index >= 15 is 0 Å². The summed E-state index contributed by atoms with van der Waals surface area (Å²) in [4.78, 5) is 23.9. The number of benzene rings is 4. The fraction of sp³-hybridized carbons (Fsp3) is 0.0345. The van der Waals surface area contributed by atoms with Gasteiger partial charge < -0.3 is 20.6 Å². The van der Waals surface area contributed by atoms with Crippen LogP contribution in [0.3, 0.4) is 0 Å². The molecule has 7 heteroatoms. The van der Waals surface area contributed by atoms with Gasteiger partial charge in [-0.05, 0) is 53.1 Å². The van der Waals surface area contributed by atoms with Gasteiger partial charge in [0.05, 0.1) is 17.1 Å². The van der Waals surface area contributed by atoms with Crippen LogP contribution in [0, 0.1) is 0 Å². The molecule has 0 aliphatic carbocycles. The summed E-state index contributed by atoms with van der Waals surface area (Å²) in [5.74, 6) is -1.29. The topological polar surface area (TPSA) is 107 Å². The first-order valence-corrected chi connectivity index (χ1v) is 11.5. The van der Waals surface area contributed by atoms with Crippen LogP contribution in [-0.2, 0) is 16.0 Å². The number of anilines is 1. The number of carbonyl (C=O) groups is 2. The van der Waals surface area contributed by atoms with Gasteiger partial charge in [-0.1, -0.05) is 60.1 Å². The summed E-state index contributed by atoms with van der Waals surface area (Å²) >= 11 is 6.57. The highest BCUT2D eigenvalue weighted by molar-refractivity contribution is 6.38. The van der Waals surface area contributed by atoms with Crippen LogP contribution in [0.15, 0.2) is 78.9 Å². The summed E-state index contributed by atoms with van der Waals surface area (Å²) in [6.45, 7) is 0. The van der Waals surface area contributed by atoms with Crippen LogP contribution in [0.5, 0.6) is 11.5 Å². The van der Waals surface area contributed by atoms with E-state index in [4.69, 9.17) is 16.7 Å². The highest BCUT2D eigenvalue weighted by atomic mass is 35.5. The monoisotopic (exact) mass is 497 g/mol. The Hall–Kier alpha value is -4.55. The summed E-state index contributed by atoms with van der Waals surface area (Å²) in [5.41, 5.74) is 5.65. The average Bonchev–Trinajstić information content (AvgIpc) is 3.14. The molecule has 1 amide bonds. The number of hydrogen-bond acceptors (Lipinski definition) is 4. The average molecular weight is 498 g/mol. The second-order valence-corrected chi connectivity index (χ2v) is 8.85. The molecule has 1 heterocycles. The molecule has 6 nitrogen and oxygen atoms in total. The predicted octanol–water partition coefficient (Wildman–Crippen LogP) is 6.21. The van der Waals surface area contributed by atoms with Crippen LogP contribution < -0.4 is 5.32 Å². The molecule has 0 saturated carbocycles. The number of rotatable bonds is 5. The molecule has 0 saturated heterocycles. The van der Waals surface area contributed by atoms with Gasteiger partial charge in [-0.3, -0.25) is 9.59 Å². The third-order valence-electron chi connectivity index (χ3n) is 6.06. The lowest BCUT2D eigenvalue weighted by atomic mass is 9.96. The van der Waals surface area contributed by atoms with Crippen LogP contribution in [-0.4, -0.2) is 27.2 Å². The number of phenols is 2. The van der Waals surface area contributed by atoms with E-state index in [0.29, 0.717) is 27.4 Å². The number of aliphatic carboxylic acids is 1. The van der Waals surface area contributed by atoms with Gasteiger partial charge in [0.2, 0.25) is 0 Å². The van der Waals surface area contributed by atoms with Crippen molar-refractivity contribution in [1.82, 2.24) is 0 Å². The molecular formula is C29H20ClNO5. The second-order valence-electron chi connectivity index (χ2n) is 8.44. The van der Waals surface area contributed by atoms with E-state index in [1.165, 1.54) is 6.07 Å². The maximum absolute atomic E-state index is 12.8. The van der Waals surface area contributed by atoms with E-state index in [0.717, 1.165) is 22.3 Å². The number of carbonyl (C=O) groups excluding carboxylic acids is 1. The lowest BCUT2D eigenvalue weighted by Gasteiger charge is -2.10. The molecule has 0 atom stereocenters. The highest BCUT2D eigenvalue weighted by Crippen LogP contribution is 2.41. The number of phenolic OH excluding ortho intramolecular Hbond substituents is 2. The minimum atomic E-state index is -1.06. The number of aromatic hydroxyl groups is 2.